The first-order valence-electron chi connectivity index (χ1n) is 7.25. The van der Waals surface area contributed by atoms with Gasteiger partial charge < -0.3 is 10.0 Å². The second-order valence-corrected chi connectivity index (χ2v) is 7.53. The lowest BCUT2D eigenvalue weighted by Gasteiger charge is -2.10. The highest BCUT2D eigenvalue weighted by Gasteiger charge is 2.32. The summed E-state index contributed by atoms with van der Waals surface area (Å²) in [6.07, 6.45) is -3.87. The highest BCUT2D eigenvalue weighted by Crippen LogP contribution is 2.35. The van der Waals surface area contributed by atoms with Gasteiger partial charge in [0.1, 0.15) is 16.0 Å². The smallest absolute Gasteiger partial charge is 0.391 e. The summed E-state index contributed by atoms with van der Waals surface area (Å²) < 4.78 is 52.9. The average molecular weight is 395 g/mol. The van der Waals surface area contributed by atoms with E-state index in [-0.39, 0.29) is 35.9 Å². The third-order valence-corrected chi connectivity index (χ3v) is 5.66. The number of likely N-dealkylation sites (tertiary alicyclic amines) is 1. The summed E-state index contributed by atoms with van der Waals surface area (Å²) in [5.41, 5.74) is 0. The molecule has 11 heteroatoms. The van der Waals surface area contributed by atoms with Crippen molar-refractivity contribution in [3.63, 3.8) is 0 Å². The van der Waals surface area contributed by atoms with Crippen LogP contribution in [0, 0.1) is 0 Å². The molecule has 136 valence electrons. The number of aliphatic hydroxyl groups excluding tert-OH is 1. The van der Waals surface area contributed by atoms with E-state index in [0.717, 1.165) is 17.4 Å². The van der Waals surface area contributed by atoms with Gasteiger partial charge in [-0.2, -0.15) is 18.2 Å². The molecule has 0 saturated carbocycles. The number of urea groups is 1. The predicted octanol–water partition coefficient (Wildman–Crippen LogP) is 3.18. The van der Waals surface area contributed by atoms with Gasteiger partial charge >= 0.3 is 12.2 Å². The van der Waals surface area contributed by atoms with Crippen LogP contribution in [0.3, 0.4) is 0 Å². The number of aliphatic hydroxyl groups is 1. The molecule has 0 radical (unpaired) electrons. The van der Waals surface area contributed by atoms with Gasteiger partial charge in [0, 0.05) is 12.7 Å². The lowest BCUT2D eigenvalue weighted by molar-refractivity contribution is -0.134. The Bertz CT molecular complexity index is 840. The van der Waals surface area contributed by atoms with E-state index in [0.29, 0.717) is 16.2 Å². The summed E-state index contributed by atoms with van der Waals surface area (Å²) in [5.74, 6) is 0. The molecule has 2 aromatic heterocycles. The molecule has 0 bridgehead atoms. The Balaban J connectivity index is 1.97. The molecule has 2 amide bonds. The number of amides is 2. The molecule has 3 heterocycles. The molecule has 1 atom stereocenters. The van der Waals surface area contributed by atoms with Crippen LogP contribution in [-0.4, -0.2) is 39.9 Å². The highest BCUT2D eigenvalue weighted by molar-refractivity contribution is 7.15. The number of alkyl halides is 4. The maximum atomic E-state index is 13.2. The monoisotopic (exact) mass is 395 g/mol. The summed E-state index contributed by atoms with van der Waals surface area (Å²) in [7, 11) is 0. The second kappa shape index (κ2) is 6.89. The fraction of sp³-hybridized carbons (Fsp3) is 0.429. The molecular weight excluding hydrogens is 382 g/mol. The molecule has 25 heavy (non-hydrogen) atoms. The highest BCUT2D eigenvalue weighted by atomic mass is 32.1. The van der Waals surface area contributed by atoms with Crippen LogP contribution in [0.1, 0.15) is 16.2 Å². The summed E-state index contributed by atoms with van der Waals surface area (Å²) in [5, 5.41) is 9.49. The van der Waals surface area contributed by atoms with Crippen LogP contribution in [0.4, 0.5) is 22.4 Å². The molecule has 1 saturated heterocycles. The van der Waals surface area contributed by atoms with Gasteiger partial charge in [-0.3, -0.25) is 4.57 Å². The normalized spacial score (nSPS) is 19.0. The van der Waals surface area contributed by atoms with Crippen molar-refractivity contribution in [3.05, 3.63) is 32.9 Å². The number of thiophene rings is 1. The topological polar surface area (TPSA) is 57.8 Å². The minimum Gasteiger partial charge on any atom is -0.391 e. The molecule has 1 aliphatic rings. The Morgan fingerprint density at radius 1 is 1.36 bits per heavy atom. The van der Waals surface area contributed by atoms with E-state index in [9.17, 15) is 27.5 Å². The number of thiazole rings is 1. The lowest BCUT2D eigenvalue weighted by Crippen LogP contribution is -2.28. The second-order valence-electron chi connectivity index (χ2n) is 5.37. The van der Waals surface area contributed by atoms with E-state index in [1.54, 1.807) is 0 Å². The number of nitrogens with zero attached hydrogens (tertiary/aromatic N) is 3. The number of aromatic nitrogens is 1. The van der Waals surface area contributed by atoms with Gasteiger partial charge in [0.15, 0.2) is 4.80 Å². The van der Waals surface area contributed by atoms with Crippen LogP contribution >= 0.6 is 22.7 Å². The lowest BCUT2D eigenvalue weighted by atomic mass is 10.3. The molecule has 3 rings (SSSR count). The van der Waals surface area contributed by atoms with Crippen molar-refractivity contribution in [2.75, 3.05) is 13.1 Å². The van der Waals surface area contributed by atoms with Crippen LogP contribution in [0.15, 0.2) is 23.3 Å². The van der Waals surface area contributed by atoms with Gasteiger partial charge in [0.25, 0.3) is 0 Å². The van der Waals surface area contributed by atoms with E-state index < -0.39 is 23.3 Å². The number of halogens is 4. The van der Waals surface area contributed by atoms with E-state index in [1.165, 1.54) is 21.7 Å². The van der Waals surface area contributed by atoms with Gasteiger partial charge in [-0.25, -0.2) is 9.18 Å². The Kier molecular flexibility index (Phi) is 4.98. The molecule has 0 unspecified atom stereocenters. The van der Waals surface area contributed by atoms with Crippen molar-refractivity contribution in [3.8, 4) is 5.00 Å². The van der Waals surface area contributed by atoms with E-state index in [1.807, 2.05) is 0 Å². The van der Waals surface area contributed by atoms with Gasteiger partial charge in [-0.05, 0) is 18.6 Å². The van der Waals surface area contributed by atoms with Crippen LogP contribution in [0.2, 0.25) is 0 Å². The van der Waals surface area contributed by atoms with Crippen molar-refractivity contribution < 1.29 is 27.5 Å². The number of rotatable bonds is 2. The molecule has 0 spiro atoms. The fourth-order valence-electron chi connectivity index (χ4n) is 2.35. The summed E-state index contributed by atoms with van der Waals surface area (Å²) in [6.45, 7) is -0.126. The van der Waals surface area contributed by atoms with Crippen molar-refractivity contribution in [1.29, 1.82) is 0 Å². The summed E-state index contributed by atoms with van der Waals surface area (Å²) in [6, 6.07) is 1.58. The fourth-order valence-corrected chi connectivity index (χ4v) is 4.09. The quantitative estimate of drug-likeness (QED) is 0.794. The minimum absolute atomic E-state index is 0.0439. The Morgan fingerprint density at radius 2 is 2.12 bits per heavy atom. The molecule has 1 aliphatic heterocycles. The third-order valence-electron chi connectivity index (χ3n) is 3.56. The largest absolute Gasteiger partial charge is 0.425 e. The molecule has 5 nitrogen and oxygen atoms in total. The zero-order valence-electron chi connectivity index (χ0n) is 12.7. The predicted molar refractivity (Wildman–Crippen MR) is 84.5 cm³/mol. The van der Waals surface area contributed by atoms with Crippen LogP contribution in [0.25, 0.3) is 5.00 Å². The minimum atomic E-state index is -4.46. The maximum Gasteiger partial charge on any atom is 0.425 e. The standard InChI is InChI=1S/C14H13F4N3O2S2/c15-8-3-4-20(5-8)12(23)19-13-21(6-9(7-22)24-13)11-2-1-10(25-11)14(16,17)18/h1-2,6,8,22H,3-5,7H2/b19-13-/t8-/m1/s1. The van der Waals surface area contributed by atoms with Crippen molar-refractivity contribution >= 4 is 28.7 Å². The Labute approximate surface area is 147 Å². The van der Waals surface area contributed by atoms with E-state index >= 15 is 0 Å². The van der Waals surface area contributed by atoms with Crippen LogP contribution in [0.5, 0.6) is 0 Å². The number of hydrogen-bond acceptors (Lipinski definition) is 4. The van der Waals surface area contributed by atoms with Gasteiger partial charge in [-0.1, -0.05) is 11.3 Å². The molecular formula is C14H13F4N3O2S2. The number of carbonyl (C=O) groups excluding carboxylic acids is 1. The van der Waals surface area contributed by atoms with Crippen LogP contribution < -0.4 is 4.80 Å². The SMILES string of the molecule is O=C(/N=c1\sc(CO)cn1-c1ccc(C(F)(F)F)s1)N1CC[C@@H](F)C1. The van der Waals surface area contributed by atoms with Gasteiger partial charge in [0.05, 0.1) is 18.0 Å². The summed E-state index contributed by atoms with van der Waals surface area (Å²) >= 11 is 1.50. The summed E-state index contributed by atoms with van der Waals surface area (Å²) in [4.78, 5) is 17.1. The molecule has 0 aliphatic carbocycles. The maximum absolute atomic E-state index is 13.2. The average Bonchev–Trinajstić information content (AvgIpc) is 3.24. The van der Waals surface area contributed by atoms with E-state index in [4.69, 9.17) is 0 Å². The molecule has 0 aromatic carbocycles. The zero-order valence-corrected chi connectivity index (χ0v) is 14.3. The Morgan fingerprint density at radius 3 is 2.68 bits per heavy atom. The van der Waals surface area contributed by atoms with E-state index in [2.05, 4.69) is 4.99 Å². The first kappa shape index (κ1) is 18.1. The molecule has 2 aromatic rings. The molecule has 1 N–H and O–H groups in total. The van der Waals surface area contributed by atoms with Crippen molar-refractivity contribution in [2.24, 2.45) is 4.99 Å². The third kappa shape index (κ3) is 3.93. The Hall–Kier alpha value is -1.72. The zero-order chi connectivity index (χ0) is 18.2. The number of hydrogen-bond donors (Lipinski definition) is 1. The van der Waals surface area contributed by atoms with Crippen LogP contribution in [-0.2, 0) is 12.8 Å². The van der Waals surface area contributed by atoms with Gasteiger partial charge in [-0.15, -0.1) is 11.3 Å². The first-order valence-corrected chi connectivity index (χ1v) is 8.88. The van der Waals surface area contributed by atoms with Crippen molar-refractivity contribution in [1.82, 2.24) is 9.47 Å². The number of carbonyl (C=O) groups is 1. The van der Waals surface area contributed by atoms with Crippen molar-refractivity contribution in [2.45, 2.75) is 25.4 Å². The first-order chi connectivity index (χ1) is 11.8. The molecule has 1 fully saturated rings. The van der Waals surface area contributed by atoms with Gasteiger partial charge in [0.2, 0.25) is 0 Å².